The molecular formula is C10H15ClFN. The molecule has 13 heavy (non-hydrogen) atoms. The summed E-state index contributed by atoms with van der Waals surface area (Å²) in [5, 5.41) is 2.49. The predicted octanol–water partition coefficient (Wildman–Crippen LogP) is 2.40. The van der Waals surface area contributed by atoms with Gasteiger partial charge in [0.15, 0.2) is 0 Å². The van der Waals surface area contributed by atoms with Gasteiger partial charge in [-0.2, -0.15) is 0 Å². The Kier molecular flexibility index (Phi) is 3.55. The maximum Gasteiger partial charge on any atom is 0.123 e. The van der Waals surface area contributed by atoms with Crippen molar-refractivity contribution in [3.8, 4) is 0 Å². The first-order chi connectivity index (χ1) is 6.87. The summed E-state index contributed by atoms with van der Waals surface area (Å²) in [4.78, 5) is 0. The molecule has 0 fully saturated rings. The summed E-state index contributed by atoms with van der Waals surface area (Å²) in [7, 11) is 0. The zero-order valence-corrected chi connectivity index (χ0v) is 8.20. The fourth-order valence-corrected chi connectivity index (χ4v) is 1.03. The van der Waals surface area contributed by atoms with Crippen molar-refractivity contribution in [3.05, 3.63) is 35.6 Å². The fourth-order valence-electron chi connectivity index (χ4n) is 1.03. The maximum atomic E-state index is 12.6. The molecule has 1 N–H and O–H groups in total. The van der Waals surface area contributed by atoms with E-state index in [1.54, 1.807) is 19.1 Å². The number of benzene rings is 1. The normalized spacial score (nSPS) is 16.3. The van der Waals surface area contributed by atoms with Crippen LogP contribution < -0.4 is 5.32 Å². The van der Waals surface area contributed by atoms with E-state index in [0.29, 0.717) is 6.42 Å². The molecule has 0 bridgehead atoms. The van der Waals surface area contributed by atoms with Crippen LogP contribution in [0.15, 0.2) is 24.3 Å². The first-order valence-electron chi connectivity index (χ1n) is 5.39. The maximum absolute atomic E-state index is 12.6. The number of hydrogen-bond donors (Lipinski definition) is 1. The van der Waals surface area contributed by atoms with Crippen LogP contribution in [0.4, 0.5) is 4.39 Å². The molecule has 1 unspecified atom stereocenters. The summed E-state index contributed by atoms with van der Waals surface area (Å²) in [5.41, 5.74) is 0.917. The lowest BCUT2D eigenvalue weighted by atomic mass is 10.1. The molecular weight excluding hydrogens is 189 g/mol. The number of rotatable bonds is 3. The predicted molar refractivity (Wildman–Crippen MR) is 55.9 cm³/mol. The van der Waals surface area contributed by atoms with Crippen molar-refractivity contribution in [1.29, 1.82) is 0 Å². The van der Waals surface area contributed by atoms with E-state index in [1.807, 2.05) is 0 Å². The van der Waals surface area contributed by atoms with Crippen LogP contribution in [0.2, 0.25) is 0 Å². The van der Waals surface area contributed by atoms with Crippen LogP contribution in [-0.2, 0) is 6.42 Å². The van der Waals surface area contributed by atoms with Crippen molar-refractivity contribution in [2.75, 3.05) is 6.98 Å². The quantitative estimate of drug-likeness (QED) is 0.801. The van der Waals surface area contributed by atoms with Gasteiger partial charge in [-0.15, -0.1) is 12.4 Å². The average molecular weight is 207 g/mol. The molecule has 0 aliphatic rings. The lowest BCUT2D eigenvalue weighted by Crippen LogP contribution is -2.23. The first kappa shape index (κ1) is 7.77. The van der Waals surface area contributed by atoms with Gasteiger partial charge in [-0.05, 0) is 38.0 Å². The van der Waals surface area contributed by atoms with Gasteiger partial charge in [0.25, 0.3) is 0 Å². The molecule has 1 aromatic rings. The van der Waals surface area contributed by atoms with Crippen LogP contribution in [0.1, 0.15) is 16.6 Å². The highest BCUT2D eigenvalue weighted by Gasteiger charge is 1.99. The Hall–Kier alpha value is -0.600. The summed E-state index contributed by atoms with van der Waals surface area (Å²) < 4.78 is 33.7. The summed E-state index contributed by atoms with van der Waals surface area (Å²) in [6, 6.07) is 5.90. The van der Waals surface area contributed by atoms with Gasteiger partial charge in [0.2, 0.25) is 0 Å². The van der Waals surface area contributed by atoms with Crippen molar-refractivity contribution in [1.82, 2.24) is 5.32 Å². The van der Waals surface area contributed by atoms with Crippen LogP contribution in [0.3, 0.4) is 0 Å². The first-order valence-corrected chi connectivity index (χ1v) is 3.89. The van der Waals surface area contributed by atoms with E-state index in [2.05, 4.69) is 5.32 Å². The summed E-state index contributed by atoms with van der Waals surface area (Å²) in [6.45, 7) is -0.338. The molecule has 74 valence electrons. The van der Waals surface area contributed by atoms with E-state index in [-0.39, 0.29) is 24.3 Å². The molecule has 0 amide bonds. The number of hydrogen-bond acceptors (Lipinski definition) is 1. The lowest BCUT2D eigenvalue weighted by molar-refractivity contribution is 0.603. The van der Waals surface area contributed by atoms with Crippen LogP contribution in [0, 0.1) is 5.82 Å². The SMILES string of the molecule is Cl.[2H]C([2H])([2H])NC(C)Cc1ccc(F)cc1. The fraction of sp³-hybridized carbons (Fsp3) is 0.400. The molecule has 1 atom stereocenters. The molecule has 1 aromatic carbocycles. The zero-order valence-electron chi connectivity index (χ0n) is 10.4. The molecule has 0 aliphatic heterocycles. The molecule has 0 aliphatic carbocycles. The standard InChI is InChI=1S/C10H14FN.ClH/c1-8(12-2)7-9-3-5-10(11)6-4-9;/h3-6,8,12H,7H2,1-2H3;1H/i2D3;. The largest absolute Gasteiger partial charge is 0.317 e. The molecule has 3 heteroatoms. The van der Waals surface area contributed by atoms with E-state index >= 15 is 0 Å². The van der Waals surface area contributed by atoms with Gasteiger partial charge in [-0.25, -0.2) is 4.39 Å². The van der Waals surface area contributed by atoms with Gasteiger partial charge in [0, 0.05) is 10.2 Å². The van der Waals surface area contributed by atoms with E-state index < -0.39 is 6.98 Å². The van der Waals surface area contributed by atoms with E-state index in [0.717, 1.165) is 5.56 Å². The Bertz CT molecular complexity index is 313. The molecule has 0 radical (unpaired) electrons. The van der Waals surface area contributed by atoms with Gasteiger partial charge in [0.1, 0.15) is 5.82 Å². The number of nitrogens with one attached hydrogen (secondary N) is 1. The van der Waals surface area contributed by atoms with Crippen molar-refractivity contribution in [3.63, 3.8) is 0 Å². The van der Waals surface area contributed by atoms with Crippen molar-refractivity contribution < 1.29 is 8.50 Å². The Morgan fingerprint density at radius 2 is 2.08 bits per heavy atom. The van der Waals surface area contributed by atoms with E-state index in [1.165, 1.54) is 12.1 Å². The molecule has 1 nitrogen and oxygen atoms in total. The lowest BCUT2D eigenvalue weighted by Gasteiger charge is -2.09. The average Bonchev–Trinajstić information content (AvgIpc) is 2.05. The highest BCUT2D eigenvalue weighted by molar-refractivity contribution is 5.85. The van der Waals surface area contributed by atoms with Crippen LogP contribution in [0.25, 0.3) is 0 Å². The molecule has 1 rings (SSSR count). The van der Waals surface area contributed by atoms with E-state index in [4.69, 9.17) is 4.11 Å². The Labute approximate surface area is 89.0 Å². The second-order valence-corrected chi connectivity index (χ2v) is 2.88. The highest BCUT2D eigenvalue weighted by Crippen LogP contribution is 2.05. The second kappa shape index (κ2) is 5.95. The molecule has 0 aromatic heterocycles. The third kappa shape index (κ3) is 4.25. The zero-order chi connectivity index (χ0) is 11.5. The Morgan fingerprint density at radius 1 is 1.46 bits per heavy atom. The van der Waals surface area contributed by atoms with Crippen LogP contribution in [-0.4, -0.2) is 13.0 Å². The van der Waals surface area contributed by atoms with Crippen molar-refractivity contribution >= 4 is 12.4 Å². The van der Waals surface area contributed by atoms with Gasteiger partial charge >= 0.3 is 0 Å². The topological polar surface area (TPSA) is 12.0 Å². The van der Waals surface area contributed by atoms with Crippen LogP contribution in [0.5, 0.6) is 0 Å². The third-order valence-electron chi connectivity index (χ3n) is 1.70. The molecule has 0 saturated carbocycles. The summed E-state index contributed by atoms with van der Waals surface area (Å²) in [6.07, 6.45) is 0.568. The minimum Gasteiger partial charge on any atom is -0.317 e. The minimum atomic E-state index is -2.13. The van der Waals surface area contributed by atoms with Gasteiger partial charge in [0.05, 0.1) is 0 Å². The molecule has 0 heterocycles. The smallest absolute Gasteiger partial charge is 0.123 e. The number of halogens is 2. The van der Waals surface area contributed by atoms with Gasteiger partial charge in [-0.3, -0.25) is 0 Å². The summed E-state index contributed by atoms with van der Waals surface area (Å²) >= 11 is 0. The molecule has 0 spiro atoms. The van der Waals surface area contributed by atoms with Crippen LogP contribution >= 0.6 is 12.4 Å². The number of likely N-dealkylation sites (N-methyl/N-ethyl adjacent to an activating group) is 1. The summed E-state index contributed by atoms with van der Waals surface area (Å²) in [5.74, 6) is -0.282. The Balaban J connectivity index is 0.00000225. The van der Waals surface area contributed by atoms with E-state index in [9.17, 15) is 4.39 Å². The highest BCUT2D eigenvalue weighted by atomic mass is 35.5. The second-order valence-electron chi connectivity index (χ2n) is 2.88. The van der Waals surface area contributed by atoms with Crippen molar-refractivity contribution in [2.24, 2.45) is 0 Å². The third-order valence-corrected chi connectivity index (χ3v) is 1.70. The Morgan fingerprint density at radius 3 is 2.62 bits per heavy atom. The van der Waals surface area contributed by atoms with Crippen molar-refractivity contribution in [2.45, 2.75) is 19.4 Å². The van der Waals surface area contributed by atoms with Gasteiger partial charge < -0.3 is 5.32 Å². The minimum absolute atomic E-state index is 0. The monoisotopic (exact) mass is 206 g/mol. The van der Waals surface area contributed by atoms with Gasteiger partial charge in [-0.1, -0.05) is 12.1 Å². The molecule has 0 saturated heterocycles.